The summed E-state index contributed by atoms with van der Waals surface area (Å²) in [7, 11) is 0. The molecule has 2 aromatic heterocycles. The molecular formula is C20H22ClN5OS. The molecule has 1 amide bonds. The van der Waals surface area contributed by atoms with Gasteiger partial charge in [0, 0.05) is 42.8 Å². The molecule has 146 valence electrons. The van der Waals surface area contributed by atoms with Crippen molar-refractivity contribution < 1.29 is 4.79 Å². The average Bonchev–Trinajstić information content (AvgIpc) is 3.38. The maximum Gasteiger partial charge on any atom is 0.257 e. The third-order valence-electron chi connectivity index (χ3n) is 4.91. The largest absolute Gasteiger partial charge is 0.345 e. The van der Waals surface area contributed by atoms with Crippen molar-refractivity contribution in [3.05, 3.63) is 58.3 Å². The summed E-state index contributed by atoms with van der Waals surface area (Å²) in [5, 5.41) is 8.19. The zero-order valence-electron chi connectivity index (χ0n) is 15.9. The number of anilines is 1. The number of aromatic nitrogens is 3. The fourth-order valence-corrected chi connectivity index (χ4v) is 4.33. The lowest BCUT2D eigenvalue weighted by atomic mass is 10.0. The van der Waals surface area contributed by atoms with Crippen LogP contribution in [-0.2, 0) is 0 Å². The van der Waals surface area contributed by atoms with E-state index < -0.39 is 0 Å². The van der Waals surface area contributed by atoms with E-state index in [0.717, 1.165) is 29.6 Å². The van der Waals surface area contributed by atoms with Gasteiger partial charge in [-0.3, -0.25) is 4.79 Å². The Morgan fingerprint density at radius 3 is 2.46 bits per heavy atom. The highest BCUT2D eigenvalue weighted by atomic mass is 35.5. The topological polar surface area (TPSA) is 54.3 Å². The summed E-state index contributed by atoms with van der Waals surface area (Å²) < 4.78 is 1.85. The predicted octanol–water partition coefficient (Wildman–Crippen LogP) is 4.07. The Kier molecular flexibility index (Phi) is 5.37. The number of piperazine rings is 1. The monoisotopic (exact) mass is 415 g/mol. The van der Waals surface area contributed by atoms with Gasteiger partial charge in [0.15, 0.2) is 5.13 Å². The predicted molar refractivity (Wildman–Crippen MR) is 113 cm³/mol. The van der Waals surface area contributed by atoms with Gasteiger partial charge >= 0.3 is 0 Å². The molecular weight excluding hydrogens is 394 g/mol. The third kappa shape index (κ3) is 3.64. The number of halogens is 1. The summed E-state index contributed by atoms with van der Waals surface area (Å²) in [6, 6.07) is 7.51. The Hall–Kier alpha value is -2.38. The van der Waals surface area contributed by atoms with E-state index in [1.54, 1.807) is 17.5 Å². The van der Waals surface area contributed by atoms with E-state index >= 15 is 0 Å². The van der Waals surface area contributed by atoms with E-state index in [1.165, 1.54) is 0 Å². The summed E-state index contributed by atoms with van der Waals surface area (Å²) >= 11 is 7.64. The first-order valence-electron chi connectivity index (χ1n) is 9.32. The number of carbonyl (C=O) groups is 1. The van der Waals surface area contributed by atoms with Crippen LogP contribution in [0.2, 0.25) is 5.02 Å². The minimum Gasteiger partial charge on any atom is -0.345 e. The maximum atomic E-state index is 13.2. The van der Waals surface area contributed by atoms with Gasteiger partial charge in [-0.1, -0.05) is 25.4 Å². The molecule has 0 N–H and O–H groups in total. The molecule has 0 aliphatic carbocycles. The van der Waals surface area contributed by atoms with E-state index in [-0.39, 0.29) is 11.8 Å². The number of hydrogen-bond donors (Lipinski definition) is 0. The highest BCUT2D eigenvalue weighted by Crippen LogP contribution is 2.26. The van der Waals surface area contributed by atoms with Crippen molar-refractivity contribution in [3.8, 4) is 5.69 Å². The summed E-state index contributed by atoms with van der Waals surface area (Å²) in [6.07, 6.45) is 3.51. The van der Waals surface area contributed by atoms with Crippen molar-refractivity contribution in [1.29, 1.82) is 0 Å². The molecule has 0 spiro atoms. The molecule has 0 saturated carbocycles. The number of hydrogen-bond acceptors (Lipinski definition) is 5. The van der Waals surface area contributed by atoms with E-state index in [4.69, 9.17) is 11.6 Å². The van der Waals surface area contributed by atoms with Gasteiger partial charge in [0.1, 0.15) is 0 Å². The lowest BCUT2D eigenvalue weighted by Crippen LogP contribution is -2.49. The highest BCUT2D eigenvalue weighted by Gasteiger charge is 2.28. The SMILES string of the molecule is CC(C)c1c(C(=O)N2CCN(c3nccs3)CC2)cnn1-c1ccc(Cl)cc1. The lowest BCUT2D eigenvalue weighted by Gasteiger charge is -2.34. The first kappa shape index (κ1) is 19.0. The second-order valence-corrected chi connectivity index (χ2v) is 8.39. The van der Waals surface area contributed by atoms with Gasteiger partial charge in [0.25, 0.3) is 5.91 Å². The van der Waals surface area contributed by atoms with E-state index in [2.05, 4.69) is 28.8 Å². The van der Waals surface area contributed by atoms with Crippen LogP contribution in [-0.4, -0.2) is 51.8 Å². The van der Waals surface area contributed by atoms with Crippen molar-refractivity contribution in [2.75, 3.05) is 31.1 Å². The Balaban J connectivity index is 1.55. The average molecular weight is 416 g/mol. The quantitative estimate of drug-likeness (QED) is 0.644. The van der Waals surface area contributed by atoms with Gasteiger partial charge in [-0.25, -0.2) is 9.67 Å². The third-order valence-corrected chi connectivity index (χ3v) is 6.00. The zero-order chi connectivity index (χ0) is 19.7. The van der Waals surface area contributed by atoms with Crippen LogP contribution in [0.15, 0.2) is 42.0 Å². The van der Waals surface area contributed by atoms with Crippen LogP contribution in [0.4, 0.5) is 5.13 Å². The molecule has 8 heteroatoms. The molecule has 1 fully saturated rings. The molecule has 28 heavy (non-hydrogen) atoms. The molecule has 0 atom stereocenters. The molecule has 6 nitrogen and oxygen atoms in total. The van der Waals surface area contributed by atoms with Gasteiger partial charge < -0.3 is 9.80 Å². The molecule has 3 heterocycles. The number of rotatable bonds is 4. The second-order valence-electron chi connectivity index (χ2n) is 7.08. The van der Waals surface area contributed by atoms with Crippen LogP contribution >= 0.6 is 22.9 Å². The van der Waals surface area contributed by atoms with Crippen molar-refractivity contribution in [2.24, 2.45) is 0 Å². The smallest absolute Gasteiger partial charge is 0.257 e. The number of amides is 1. The minimum atomic E-state index is 0.0442. The zero-order valence-corrected chi connectivity index (χ0v) is 17.5. The van der Waals surface area contributed by atoms with Crippen LogP contribution in [0.25, 0.3) is 5.69 Å². The molecule has 1 saturated heterocycles. The number of carbonyl (C=O) groups excluding carboxylic acids is 1. The second kappa shape index (κ2) is 7.93. The summed E-state index contributed by atoms with van der Waals surface area (Å²) in [6.45, 7) is 7.12. The van der Waals surface area contributed by atoms with Crippen molar-refractivity contribution in [3.63, 3.8) is 0 Å². The summed E-state index contributed by atoms with van der Waals surface area (Å²) in [5.74, 6) is 0.205. The fourth-order valence-electron chi connectivity index (χ4n) is 3.51. The molecule has 1 aliphatic rings. The molecule has 0 radical (unpaired) electrons. The maximum absolute atomic E-state index is 13.2. The van der Waals surface area contributed by atoms with Crippen molar-refractivity contribution in [2.45, 2.75) is 19.8 Å². The van der Waals surface area contributed by atoms with Crippen LogP contribution in [0, 0.1) is 0 Å². The first-order chi connectivity index (χ1) is 13.5. The highest BCUT2D eigenvalue weighted by molar-refractivity contribution is 7.13. The number of thiazole rings is 1. The molecule has 1 aliphatic heterocycles. The molecule has 0 bridgehead atoms. The molecule has 3 aromatic rings. The van der Waals surface area contributed by atoms with Crippen molar-refractivity contribution in [1.82, 2.24) is 19.7 Å². The Morgan fingerprint density at radius 1 is 1.14 bits per heavy atom. The van der Waals surface area contributed by atoms with Crippen LogP contribution in [0.1, 0.15) is 35.8 Å². The number of nitrogens with zero attached hydrogens (tertiary/aromatic N) is 5. The van der Waals surface area contributed by atoms with E-state index in [1.807, 2.05) is 45.4 Å². The minimum absolute atomic E-state index is 0.0442. The molecule has 4 rings (SSSR count). The van der Waals surface area contributed by atoms with Crippen molar-refractivity contribution >= 4 is 34.0 Å². The Morgan fingerprint density at radius 2 is 1.86 bits per heavy atom. The summed E-state index contributed by atoms with van der Waals surface area (Å²) in [4.78, 5) is 21.8. The lowest BCUT2D eigenvalue weighted by molar-refractivity contribution is 0.0745. The van der Waals surface area contributed by atoms with Gasteiger partial charge in [-0.05, 0) is 30.2 Å². The Bertz CT molecular complexity index is 944. The van der Waals surface area contributed by atoms with E-state index in [0.29, 0.717) is 23.7 Å². The van der Waals surface area contributed by atoms with Crippen LogP contribution < -0.4 is 4.90 Å². The standard InChI is InChI=1S/C20H22ClN5OS/c1-14(2)18-17(13-23-26(18)16-5-3-15(21)4-6-16)19(27)24-8-10-25(11-9-24)20-22-7-12-28-20/h3-7,12-14H,8-11H2,1-2H3. The van der Waals surface area contributed by atoms with Crippen LogP contribution in [0.3, 0.4) is 0 Å². The van der Waals surface area contributed by atoms with Gasteiger partial charge in [0.05, 0.1) is 23.1 Å². The summed E-state index contributed by atoms with van der Waals surface area (Å²) in [5.41, 5.74) is 2.50. The Labute approximate surface area is 173 Å². The van der Waals surface area contributed by atoms with Gasteiger partial charge in [-0.15, -0.1) is 11.3 Å². The first-order valence-corrected chi connectivity index (χ1v) is 10.6. The van der Waals surface area contributed by atoms with Crippen LogP contribution in [0.5, 0.6) is 0 Å². The molecule has 1 aromatic carbocycles. The fraction of sp³-hybridized carbons (Fsp3) is 0.350. The van der Waals surface area contributed by atoms with Gasteiger partial charge in [0.2, 0.25) is 0 Å². The normalized spacial score (nSPS) is 14.7. The number of benzene rings is 1. The van der Waals surface area contributed by atoms with E-state index in [9.17, 15) is 4.79 Å². The van der Waals surface area contributed by atoms with Gasteiger partial charge in [-0.2, -0.15) is 5.10 Å². The molecule has 0 unspecified atom stereocenters.